The fourth-order valence-corrected chi connectivity index (χ4v) is 1.67. The summed E-state index contributed by atoms with van der Waals surface area (Å²) in [5.74, 6) is -0.146. The zero-order valence-electron chi connectivity index (χ0n) is 9.77. The van der Waals surface area contributed by atoms with Crippen LogP contribution >= 0.6 is 0 Å². The molecule has 0 amide bonds. The lowest BCUT2D eigenvalue weighted by molar-refractivity contribution is -0.122. The molecule has 0 radical (unpaired) electrons. The van der Waals surface area contributed by atoms with Crippen LogP contribution in [0.1, 0.15) is 17.0 Å². The molecule has 92 valence electrons. The molecule has 18 heavy (non-hydrogen) atoms. The first-order chi connectivity index (χ1) is 8.83. The molecule has 0 saturated heterocycles. The zero-order valence-corrected chi connectivity index (χ0v) is 9.77. The normalized spacial score (nSPS) is 9.17. The Hall–Kier alpha value is -2.42. The first-order valence-electron chi connectivity index (χ1n) is 5.46. The van der Waals surface area contributed by atoms with Crippen molar-refractivity contribution in [3.63, 3.8) is 0 Å². The van der Waals surface area contributed by atoms with E-state index in [0.29, 0.717) is 0 Å². The van der Waals surface area contributed by atoms with Crippen LogP contribution in [-0.4, -0.2) is 17.9 Å². The molecule has 2 aromatic carbocycles. The van der Waals surface area contributed by atoms with E-state index in [9.17, 15) is 4.79 Å². The molecule has 0 saturated carbocycles. The van der Waals surface area contributed by atoms with Crippen LogP contribution in [0.4, 0.5) is 0 Å². The lowest BCUT2D eigenvalue weighted by Crippen LogP contribution is -2.01. The molecule has 0 heterocycles. The molecule has 0 spiro atoms. The Labute approximate surface area is 106 Å². The molecule has 0 fully saturated rings. The van der Waals surface area contributed by atoms with Gasteiger partial charge >= 0.3 is 0 Å². The van der Waals surface area contributed by atoms with E-state index in [1.807, 2.05) is 60.7 Å². The van der Waals surface area contributed by atoms with Crippen LogP contribution in [0.5, 0.6) is 0 Å². The Balaban J connectivity index is 0.000000492. The number of carbonyl (C=O) groups is 2. The Morgan fingerprint density at radius 2 is 1.11 bits per heavy atom. The SMILES string of the molecule is O=CC(c1ccccc1)c1ccccc1.O=CO. The molecule has 0 bridgehead atoms. The summed E-state index contributed by atoms with van der Waals surface area (Å²) in [6.07, 6.45) is 0.991. The van der Waals surface area contributed by atoms with Crippen molar-refractivity contribution in [2.45, 2.75) is 5.92 Å². The summed E-state index contributed by atoms with van der Waals surface area (Å²) >= 11 is 0. The maximum Gasteiger partial charge on any atom is 0.290 e. The first-order valence-corrected chi connectivity index (χ1v) is 5.46. The highest BCUT2D eigenvalue weighted by atomic mass is 16.3. The van der Waals surface area contributed by atoms with Gasteiger partial charge in [0.2, 0.25) is 0 Å². The van der Waals surface area contributed by atoms with Crippen LogP contribution in [0.15, 0.2) is 60.7 Å². The van der Waals surface area contributed by atoms with Crippen molar-refractivity contribution < 1.29 is 14.7 Å². The van der Waals surface area contributed by atoms with E-state index >= 15 is 0 Å². The molecule has 2 aromatic rings. The van der Waals surface area contributed by atoms with Gasteiger partial charge in [0.1, 0.15) is 6.29 Å². The maximum absolute atomic E-state index is 11.1. The quantitative estimate of drug-likeness (QED) is 0.842. The van der Waals surface area contributed by atoms with Crippen molar-refractivity contribution >= 4 is 12.8 Å². The molecule has 0 aliphatic carbocycles. The predicted octanol–water partition coefficient (Wildman–Crippen LogP) is 2.72. The number of carbonyl (C=O) groups excluding carboxylic acids is 1. The maximum atomic E-state index is 11.1. The van der Waals surface area contributed by atoms with Crippen molar-refractivity contribution in [2.24, 2.45) is 0 Å². The average Bonchev–Trinajstić information content (AvgIpc) is 2.43. The van der Waals surface area contributed by atoms with Crippen molar-refractivity contribution in [1.29, 1.82) is 0 Å². The smallest absolute Gasteiger partial charge is 0.290 e. The summed E-state index contributed by atoms with van der Waals surface area (Å²) in [6.45, 7) is -0.250. The van der Waals surface area contributed by atoms with E-state index in [1.54, 1.807) is 0 Å². The van der Waals surface area contributed by atoms with Gasteiger partial charge in [-0.1, -0.05) is 60.7 Å². The Bertz CT molecular complexity index is 426. The number of carboxylic acid groups (broad SMARTS) is 1. The second-order valence-electron chi connectivity index (χ2n) is 3.54. The third-order valence-corrected chi connectivity index (χ3v) is 2.45. The van der Waals surface area contributed by atoms with Gasteiger partial charge in [0, 0.05) is 0 Å². The zero-order chi connectivity index (χ0) is 13.2. The van der Waals surface area contributed by atoms with E-state index in [0.717, 1.165) is 17.4 Å². The van der Waals surface area contributed by atoms with Gasteiger partial charge in [-0.25, -0.2) is 0 Å². The number of rotatable bonds is 3. The van der Waals surface area contributed by atoms with E-state index in [4.69, 9.17) is 9.90 Å². The Morgan fingerprint density at radius 1 is 0.778 bits per heavy atom. The highest BCUT2D eigenvalue weighted by Gasteiger charge is 2.11. The van der Waals surface area contributed by atoms with Gasteiger partial charge in [0.05, 0.1) is 5.92 Å². The Morgan fingerprint density at radius 3 is 1.39 bits per heavy atom. The van der Waals surface area contributed by atoms with E-state index in [1.165, 1.54) is 0 Å². The third-order valence-electron chi connectivity index (χ3n) is 2.45. The van der Waals surface area contributed by atoms with Crippen molar-refractivity contribution in [3.8, 4) is 0 Å². The van der Waals surface area contributed by atoms with Gasteiger partial charge in [0.25, 0.3) is 6.47 Å². The van der Waals surface area contributed by atoms with Crippen LogP contribution in [-0.2, 0) is 9.59 Å². The summed E-state index contributed by atoms with van der Waals surface area (Å²) in [5.41, 5.74) is 2.08. The monoisotopic (exact) mass is 242 g/mol. The fourth-order valence-electron chi connectivity index (χ4n) is 1.67. The molecule has 0 unspecified atom stereocenters. The predicted molar refractivity (Wildman–Crippen MR) is 69.5 cm³/mol. The summed E-state index contributed by atoms with van der Waals surface area (Å²) in [4.78, 5) is 19.5. The minimum Gasteiger partial charge on any atom is -0.483 e. The topological polar surface area (TPSA) is 54.4 Å². The fraction of sp³-hybridized carbons (Fsp3) is 0.0667. The van der Waals surface area contributed by atoms with Crippen molar-refractivity contribution in [3.05, 3.63) is 71.8 Å². The molecular weight excluding hydrogens is 228 g/mol. The largest absolute Gasteiger partial charge is 0.483 e. The highest BCUT2D eigenvalue weighted by Crippen LogP contribution is 2.21. The summed E-state index contributed by atoms with van der Waals surface area (Å²) < 4.78 is 0. The third kappa shape index (κ3) is 3.87. The second kappa shape index (κ2) is 7.79. The molecule has 0 aliphatic rings. The molecule has 3 nitrogen and oxygen atoms in total. The van der Waals surface area contributed by atoms with Gasteiger partial charge in [-0.05, 0) is 11.1 Å². The molecule has 0 aromatic heterocycles. The molecule has 0 aliphatic heterocycles. The molecule has 2 rings (SSSR count). The Kier molecular flexibility index (Phi) is 5.90. The average molecular weight is 242 g/mol. The molecule has 3 heteroatoms. The first kappa shape index (κ1) is 13.6. The summed E-state index contributed by atoms with van der Waals surface area (Å²) in [5, 5.41) is 6.89. The molecule has 1 N–H and O–H groups in total. The molecule has 0 atom stereocenters. The van der Waals surface area contributed by atoms with E-state index in [2.05, 4.69) is 0 Å². The van der Waals surface area contributed by atoms with Crippen molar-refractivity contribution in [2.75, 3.05) is 0 Å². The van der Waals surface area contributed by atoms with Crippen LogP contribution in [0.3, 0.4) is 0 Å². The number of aldehydes is 1. The summed E-state index contributed by atoms with van der Waals surface area (Å²) in [7, 11) is 0. The van der Waals surface area contributed by atoms with Crippen molar-refractivity contribution in [1.82, 2.24) is 0 Å². The van der Waals surface area contributed by atoms with Gasteiger partial charge in [-0.2, -0.15) is 0 Å². The number of hydrogen-bond donors (Lipinski definition) is 1. The van der Waals surface area contributed by atoms with Crippen LogP contribution in [0, 0.1) is 0 Å². The highest BCUT2D eigenvalue weighted by molar-refractivity contribution is 5.68. The van der Waals surface area contributed by atoms with E-state index < -0.39 is 0 Å². The van der Waals surface area contributed by atoms with Gasteiger partial charge < -0.3 is 9.90 Å². The molecular formula is C15H14O3. The van der Waals surface area contributed by atoms with Crippen LogP contribution in [0.2, 0.25) is 0 Å². The minimum atomic E-state index is -0.250. The number of hydrogen-bond acceptors (Lipinski definition) is 2. The van der Waals surface area contributed by atoms with Crippen LogP contribution in [0.25, 0.3) is 0 Å². The second-order valence-corrected chi connectivity index (χ2v) is 3.54. The lowest BCUT2D eigenvalue weighted by Gasteiger charge is -2.10. The number of benzene rings is 2. The summed E-state index contributed by atoms with van der Waals surface area (Å²) in [6, 6.07) is 19.6. The van der Waals surface area contributed by atoms with Gasteiger partial charge in [0.15, 0.2) is 0 Å². The standard InChI is InChI=1S/C14H12O.CH2O2/c15-11-14(12-7-3-1-4-8-12)13-9-5-2-6-10-13;2-1-3/h1-11,14H;1H,(H,2,3). The minimum absolute atomic E-state index is 0.146. The van der Waals surface area contributed by atoms with Gasteiger partial charge in [-0.3, -0.25) is 4.79 Å². The van der Waals surface area contributed by atoms with Crippen LogP contribution < -0.4 is 0 Å². The van der Waals surface area contributed by atoms with Gasteiger partial charge in [-0.15, -0.1) is 0 Å². The van der Waals surface area contributed by atoms with E-state index in [-0.39, 0.29) is 12.4 Å². The lowest BCUT2D eigenvalue weighted by atomic mass is 9.93.